The van der Waals surface area contributed by atoms with Gasteiger partial charge < -0.3 is 5.11 Å². The van der Waals surface area contributed by atoms with Crippen molar-refractivity contribution in [1.29, 1.82) is 0 Å². The lowest BCUT2D eigenvalue weighted by Crippen LogP contribution is -2.37. The maximum atomic E-state index is 11.5. The van der Waals surface area contributed by atoms with Crippen LogP contribution in [0, 0.1) is 0 Å². The average Bonchev–Trinajstić information content (AvgIpc) is 2.81. The molecule has 1 aromatic rings. The van der Waals surface area contributed by atoms with E-state index in [0.29, 0.717) is 6.42 Å². The molecule has 0 bridgehead atoms. The Bertz CT molecular complexity index is 555. The first-order chi connectivity index (χ1) is 8.00. The topological polar surface area (TPSA) is 67.3 Å². The Morgan fingerprint density at radius 2 is 2.29 bits per heavy atom. The van der Waals surface area contributed by atoms with Crippen molar-refractivity contribution < 1.29 is 13.5 Å². The summed E-state index contributed by atoms with van der Waals surface area (Å²) in [6, 6.07) is 3.89. The second kappa shape index (κ2) is 3.53. The molecule has 92 valence electrons. The van der Waals surface area contributed by atoms with E-state index >= 15 is 0 Å². The maximum Gasteiger partial charge on any atom is 0.153 e. The van der Waals surface area contributed by atoms with E-state index in [1.807, 2.05) is 12.1 Å². The zero-order chi connectivity index (χ0) is 12.1. The van der Waals surface area contributed by atoms with Gasteiger partial charge >= 0.3 is 0 Å². The first-order valence-corrected chi connectivity index (χ1v) is 7.69. The first-order valence-electron chi connectivity index (χ1n) is 5.87. The van der Waals surface area contributed by atoms with E-state index in [9.17, 15) is 13.5 Å². The summed E-state index contributed by atoms with van der Waals surface area (Å²) in [5, 5.41) is 10.6. The van der Waals surface area contributed by atoms with Crippen LogP contribution in [0.25, 0.3) is 0 Å². The number of nitrogens with zero attached hydrogens (tertiary/aromatic N) is 1. The lowest BCUT2D eigenvalue weighted by atomic mass is 9.85. The fourth-order valence-electron chi connectivity index (χ4n) is 3.07. The van der Waals surface area contributed by atoms with Crippen LogP contribution in [0.4, 0.5) is 0 Å². The first kappa shape index (κ1) is 11.2. The van der Waals surface area contributed by atoms with Crippen LogP contribution in [0.3, 0.4) is 0 Å². The Morgan fingerprint density at radius 1 is 1.47 bits per heavy atom. The highest BCUT2D eigenvalue weighted by molar-refractivity contribution is 7.91. The van der Waals surface area contributed by atoms with Crippen molar-refractivity contribution in [2.75, 3.05) is 11.5 Å². The second-order valence-electron chi connectivity index (χ2n) is 5.08. The number of aliphatic hydroxyl groups is 1. The summed E-state index contributed by atoms with van der Waals surface area (Å²) in [6.45, 7) is 0. The normalized spacial score (nSPS) is 34.8. The smallest absolute Gasteiger partial charge is 0.153 e. The minimum Gasteiger partial charge on any atom is -0.388 e. The van der Waals surface area contributed by atoms with E-state index in [2.05, 4.69) is 4.98 Å². The molecular weight excluding hydrogens is 238 g/mol. The summed E-state index contributed by atoms with van der Waals surface area (Å²) >= 11 is 0. The third-order valence-electron chi connectivity index (χ3n) is 3.92. The Hall–Kier alpha value is -0.940. The van der Waals surface area contributed by atoms with Crippen molar-refractivity contribution in [3.63, 3.8) is 0 Å². The van der Waals surface area contributed by atoms with E-state index in [0.717, 1.165) is 24.1 Å². The van der Waals surface area contributed by atoms with Gasteiger partial charge in [-0.25, -0.2) is 8.42 Å². The van der Waals surface area contributed by atoms with E-state index in [1.54, 1.807) is 6.20 Å². The Kier molecular flexibility index (Phi) is 2.32. The molecule has 0 spiro atoms. The molecule has 2 heterocycles. The number of fused-ring (bicyclic) bond motifs is 1. The van der Waals surface area contributed by atoms with Crippen LogP contribution in [0.15, 0.2) is 18.3 Å². The average molecular weight is 253 g/mol. The van der Waals surface area contributed by atoms with Gasteiger partial charge in [0, 0.05) is 17.8 Å². The number of aryl methyl sites for hydroxylation is 1. The number of sulfone groups is 1. The van der Waals surface area contributed by atoms with Crippen molar-refractivity contribution in [2.45, 2.75) is 30.8 Å². The highest BCUT2D eigenvalue weighted by Gasteiger charge is 2.49. The molecule has 1 aliphatic carbocycles. The van der Waals surface area contributed by atoms with Crippen molar-refractivity contribution in [2.24, 2.45) is 0 Å². The zero-order valence-corrected chi connectivity index (χ0v) is 10.3. The lowest BCUT2D eigenvalue weighted by Gasteiger charge is -2.28. The summed E-state index contributed by atoms with van der Waals surface area (Å²) in [6.07, 6.45) is 3.74. The van der Waals surface area contributed by atoms with Gasteiger partial charge in [-0.3, -0.25) is 4.98 Å². The molecule has 1 aromatic heterocycles. The molecule has 2 atom stereocenters. The Morgan fingerprint density at radius 3 is 3.00 bits per heavy atom. The van der Waals surface area contributed by atoms with Gasteiger partial charge in [0.15, 0.2) is 9.84 Å². The van der Waals surface area contributed by atoms with Crippen molar-refractivity contribution in [3.8, 4) is 0 Å². The minimum absolute atomic E-state index is 0.0994. The molecule has 3 rings (SSSR count). The fraction of sp³-hybridized carbons (Fsp3) is 0.583. The third kappa shape index (κ3) is 1.77. The van der Waals surface area contributed by atoms with E-state index in [-0.39, 0.29) is 17.4 Å². The molecule has 2 aliphatic rings. The second-order valence-corrected chi connectivity index (χ2v) is 7.27. The van der Waals surface area contributed by atoms with Crippen molar-refractivity contribution in [3.05, 3.63) is 29.6 Å². The standard InChI is InChI=1S/C12H15NO3S/c14-12(5-7-17(15,16)8-12)10-4-3-9-2-1-6-13-11(9)10/h1-2,6,10,14H,3-5,7-8H2. The molecule has 0 aromatic carbocycles. The molecular formula is C12H15NO3S. The van der Waals surface area contributed by atoms with E-state index < -0.39 is 15.4 Å². The summed E-state index contributed by atoms with van der Waals surface area (Å²) < 4.78 is 23.1. The van der Waals surface area contributed by atoms with Crippen LogP contribution in [-0.2, 0) is 16.3 Å². The Balaban J connectivity index is 1.98. The summed E-state index contributed by atoms with van der Waals surface area (Å²) in [7, 11) is -3.07. The summed E-state index contributed by atoms with van der Waals surface area (Å²) in [5.41, 5.74) is 0.945. The summed E-state index contributed by atoms with van der Waals surface area (Å²) in [5.74, 6) is -0.126. The van der Waals surface area contributed by atoms with E-state index in [4.69, 9.17) is 0 Å². The number of pyridine rings is 1. The predicted molar refractivity (Wildman–Crippen MR) is 63.5 cm³/mol. The monoisotopic (exact) mass is 253 g/mol. The van der Waals surface area contributed by atoms with Gasteiger partial charge in [-0.05, 0) is 30.9 Å². The van der Waals surface area contributed by atoms with E-state index in [1.165, 1.54) is 0 Å². The van der Waals surface area contributed by atoms with Crippen LogP contribution in [-0.4, -0.2) is 35.6 Å². The minimum atomic E-state index is -3.07. The fourth-order valence-corrected chi connectivity index (χ4v) is 4.98. The van der Waals surface area contributed by atoms with Gasteiger partial charge in [-0.2, -0.15) is 0 Å². The van der Waals surface area contributed by atoms with Gasteiger partial charge in [0.2, 0.25) is 0 Å². The number of aromatic nitrogens is 1. The number of rotatable bonds is 1. The van der Waals surface area contributed by atoms with Gasteiger partial charge in [0.25, 0.3) is 0 Å². The molecule has 17 heavy (non-hydrogen) atoms. The maximum absolute atomic E-state index is 11.5. The predicted octanol–water partition coefficient (Wildman–Crippen LogP) is 0.661. The Labute approximate surface area is 101 Å². The lowest BCUT2D eigenvalue weighted by molar-refractivity contribution is 0.0370. The van der Waals surface area contributed by atoms with Crippen LogP contribution in [0.1, 0.15) is 30.0 Å². The molecule has 0 amide bonds. The molecule has 0 saturated carbocycles. The third-order valence-corrected chi connectivity index (χ3v) is 5.69. The molecule has 5 heteroatoms. The molecule has 1 saturated heterocycles. The van der Waals surface area contributed by atoms with Gasteiger partial charge in [-0.1, -0.05) is 6.07 Å². The highest BCUT2D eigenvalue weighted by atomic mass is 32.2. The largest absolute Gasteiger partial charge is 0.388 e. The quantitative estimate of drug-likeness (QED) is 0.798. The van der Waals surface area contributed by atoms with Crippen LogP contribution in [0.5, 0.6) is 0 Å². The van der Waals surface area contributed by atoms with Gasteiger partial charge in [-0.15, -0.1) is 0 Å². The zero-order valence-electron chi connectivity index (χ0n) is 9.46. The highest BCUT2D eigenvalue weighted by Crippen LogP contribution is 2.44. The molecule has 4 nitrogen and oxygen atoms in total. The molecule has 0 radical (unpaired) electrons. The summed E-state index contributed by atoms with van der Waals surface area (Å²) in [4.78, 5) is 4.32. The molecule has 1 fully saturated rings. The van der Waals surface area contributed by atoms with Crippen LogP contribution < -0.4 is 0 Å². The van der Waals surface area contributed by atoms with Crippen LogP contribution >= 0.6 is 0 Å². The van der Waals surface area contributed by atoms with Crippen molar-refractivity contribution in [1.82, 2.24) is 4.98 Å². The molecule has 2 unspecified atom stereocenters. The SMILES string of the molecule is O=S1(=O)CCC(O)(C2CCc3cccnc32)C1. The van der Waals surface area contributed by atoms with Gasteiger partial charge in [0.05, 0.1) is 17.1 Å². The van der Waals surface area contributed by atoms with Crippen molar-refractivity contribution >= 4 is 9.84 Å². The number of hydrogen-bond acceptors (Lipinski definition) is 4. The number of hydrogen-bond donors (Lipinski definition) is 1. The van der Waals surface area contributed by atoms with Crippen LogP contribution in [0.2, 0.25) is 0 Å². The van der Waals surface area contributed by atoms with Gasteiger partial charge in [0.1, 0.15) is 0 Å². The molecule has 1 aliphatic heterocycles. The molecule has 1 N–H and O–H groups in total.